The average molecular weight is 386 g/mol. The fourth-order valence-electron chi connectivity index (χ4n) is 2.53. The van der Waals surface area contributed by atoms with E-state index >= 15 is 0 Å². The molecule has 3 unspecified atom stereocenters. The molecule has 0 aromatic heterocycles. The summed E-state index contributed by atoms with van der Waals surface area (Å²) < 4.78 is 0.278. The van der Waals surface area contributed by atoms with Crippen LogP contribution in [0.15, 0.2) is 24.3 Å². The zero-order valence-electron chi connectivity index (χ0n) is 11.2. The second kappa shape index (κ2) is 6.74. The number of nitrogens with zero attached hydrogens (tertiary/aromatic N) is 1. The Bertz CT molecular complexity index is 503. The van der Waals surface area contributed by atoms with E-state index < -0.39 is 11.7 Å². The zero-order chi connectivity index (χ0) is 14.6. The molecule has 0 saturated heterocycles. The van der Waals surface area contributed by atoms with Crippen LogP contribution in [0.1, 0.15) is 37.4 Å². The molecule has 4 nitrogen and oxygen atoms in total. The van der Waals surface area contributed by atoms with Crippen LogP contribution in [0.2, 0.25) is 0 Å². The maximum atomic E-state index is 10.5. The molecule has 2 rings (SSSR count). The van der Waals surface area contributed by atoms with E-state index in [1.165, 1.54) is 0 Å². The molecule has 0 bridgehead atoms. The molecule has 1 aliphatic rings. The van der Waals surface area contributed by atoms with E-state index in [9.17, 15) is 10.2 Å². The maximum absolute atomic E-state index is 10.5. The Morgan fingerprint density at radius 1 is 1.55 bits per heavy atom. The highest BCUT2D eigenvalue weighted by molar-refractivity contribution is 14.1. The van der Waals surface area contributed by atoms with E-state index in [2.05, 4.69) is 27.9 Å². The number of anilines is 1. The SMILES string of the molecule is N#CCC(O)c1cccc(NCC2(O)CCCC2I)c1. The molecule has 0 radical (unpaired) electrons. The highest BCUT2D eigenvalue weighted by Crippen LogP contribution is 2.36. The van der Waals surface area contributed by atoms with E-state index in [0.717, 1.165) is 30.5 Å². The van der Waals surface area contributed by atoms with Gasteiger partial charge in [0.15, 0.2) is 0 Å². The number of hydrogen-bond donors (Lipinski definition) is 3. The molecule has 1 saturated carbocycles. The van der Waals surface area contributed by atoms with Gasteiger partial charge in [0.25, 0.3) is 0 Å². The molecule has 0 aliphatic heterocycles. The van der Waals surface area contributed by atoms with Crippen molar-refractivity contribution in [1.82, 2.24) is 0 Å². The van der Waals surface area contributed by atoms with Gasteiger partial charge in [-0.2, -0.15) is 5.26 Å². The molecule has 0 heterocycles. The summed E-state index contributed by atoms with van der Waals surface area (Å²) in [6.45, 7) is 0.512. The molecule has 108 valence electrons. The summed E-state index contributed by atoms with van der Waals surface area (Å²) in [6.07, 6.45) is 2.27. The lowest BCUT2D eigenvalue weighted by Crippen LogP contribution is -2.41. The molecule has 3 N–H and O–H groups in total. The van der Waals surface area contributed by atoms with Crippen LogP contribution in [-0.2, 0) is 0 Å². The second-order valence-electron chi connectivity index (χ2n) is 5.32. The summed E-state index contributed by atoms with van der Waals surface area (Å²) in [7, 11) is 0. The highest BCUT2D eigenvalue weighted by atomic mass is 127. The molecular formula is C15H19IN2O2. The molecule has 1 aromatic carbocycles. The number of benzene rings is 1. The molecule has 0 spiro atoms. The second-order valence-corrected chi connectivity index (χ2v) is 6.82. The Hall–Kier alpha value is -0.840. The first-order chi connectivity index (χ1) is 9.55. The third-order valence-electron chi connectivity index (χ3n) is 3.80. The lowest BCUT2D eigenvalue weighted by atomic mass is 10.0. The fourth-order valence-corrected chi connectivity index (χ4v) is 3.50. The number of rotatable bonds is 5. The van der Waals surface area contributed by atoms with Gasteiger partial charge in [0.2, 0.25) is 0 Å². The van der Waals surface area contributed by atoms with Gasteiger partial charge in [-0.1, -0.05) is 34.7 Å². The minimum Gasteiger partial charge on any atom is -0.387 e. The van der Waals surface area contributed by atoms with Crippen LogP contribution in [0.3, 0.4) is 0 Å². The van der Waals surface area contributed by atoms with Crippen molar-refractivity contribution in [2.24, 2.45) is 0 Å². The quantitative estimate of drug-likeness (QED) is 0.537. The molecule has 1 aliphatic carbocycles. The van der Waals surface area contributed by atoms with Gasteiger partial charge in [-0.25, -0.2) is 0 Å². The summed E-state index contributed by atoms with van der Waals surface area (Å²) in [6, 6.07) is 9.35. The summed E-state index contributed by atoms with van der Waals surface area (Å²) >= 11 is 2.32. The molecule has 3 atom stereocenters. The Morgan fingerprint density at radius 3 is 3.00 bits per heavy atom. The van der Waals surface area contributed by atoms with Crippen LogP contribution in [0.4, 0.5) is 5.69 Å². The number of nitriles is 1. The third-order valence-corrected chi connectivity index (χ3v) is 5.59. The number of halogens is 1. The van der Waals surface area contributed by atoms with Gasteiger partial charge in [0, 0.05) is 16.2 Å². The topological polar surface area (TPSA) is 76.3 Å². The predicted octanol–water partition coefficient (Wildman–Crippen LogP) is 2.76. The molecule has 0 amide bonds. The van der Waals surface area contributed by atoms with Crippen LogP contribution in [0, 0.1) is 11.3 Å². The number of hydrogen-bond acceptors (Lipinski definition) is 4. The minimum absolute atomic E-state index is 0.0865. The van der Waals surface area contributed by atoms with Crippen LogP contribution < -0.4 is 5.32 Å². The highest BCUT2D eigenvalue weighted by Gasteiger charge is 2.39. The minimum atomic E-state index is -0.756. The van der Waals surface area contributed by atoms with Gasteiger partial charge in [0.1, 0.15) is 0 Å². The van der Waals surface area contributed by atoms with Gasteiger partial charge >= 0.3 is 0 Å². The van der Waals surface area contributed by atoms with Crippen molar-refractivity contribution in [3.8, 4) is 6.07 Å². The first-order valence-corrected chi connectivity index (χ1v) is 8.05. The van der Waals surface area contributed by atoms with Gasteiger partial charge in [-0.15, -0.1) is 0 Å². The fraction of sp³-hybridized carbons (Fsp3) is 0.533. The van der Waals surface area contributed by atoms with E-state index in [4.69, 9.17) is 5.26 Å². The first-order valence-electron chi connectivity index (χ1n) is 6.80. The van der Waals surface area contributed by atoms with Gasteiger partial charge in [-0.3, -0.25) is 0 Å². The Labute approximate surface area is 133 Å². The molecular weight excluding hydrogens is 367 g/mol. The van der Waals surface area contributed by atoms with E-state index in [-0.39, 0.29) is 10.3 Å². The summed E-state index contributed by atoms with van der Waals surface area (Å²) in [5.41, 5.74) is 0.936. The van der Waals surface area contributed by atoms with Crippen LogP contribution in [0.25, 0.3) is 0 Å². The molecule has 20 heavy (non-hydrogen) atoms. The first kappa shape index (κ1) is 15.5. The normalized spacial score (nSPS) is 27.0. The van der Waals surface area contributed by atoms with Crippen molar-refractivity contribution in [3.05, 3.63) is 29.8 Å². The lowest BCUT2D eigenvalue weighted by Gasteiger charge is -2.27. The monoisotopic (exact) mass is 386 g/mol. The number of aliphatic hydroxyl groups is 2. The summed E-state index contributed by atoms with van der Waals surface area (Å²) in [5, 5.41) is 32.2. The summed E-state index contributed by atoms with van der Waals surface area (Å²) in [5.74, 6) is 0. The van der Waals surface area contributed by atoms with Crippen molar-refractivity contribution in [2.75, 3.05) is 11.9 Å². The lowest BCUT2D eigenvalue weighted by molar-refractivity contribution is 0.0706. The number of aliphatic hydroxyl groups excluding tert-OH is 1. The van der Waals surface area contributed by atoms with E-state index in [1.807, 2.05) is 24.3 Å². The van der Waals surface area contributed by atoms with Gasteiger partial charge in [-0.05, 0) is 37.0 Å². The van der Waals surface area contributed by atoms with Crippen molar-refractivity contribution < 1.29 is 10.2 Å². The maximum Gasteiger partial charge on any atom is 0.0936 e. The Morgan fingerprint density at radius 2 is 2.35 bits per heavy atom. The third kappa shape index (κ3) is 3.62. The van der Waals surface area contributed by atoms with E-state index in [0.29, 0.717) is 6.54 Å². The van der Waals surface area contributed by atoms with Crippen LogP contribution >= 0.6 is 22.6 Å². The average Bonchev–Trinajstić information content (AvgIpc) is 2.78. The number of alkyl halides is 1. The van der Waals surface area contributed by atoms with Crippen molar-refractivity contribution in [2.45, 2.75) is 41.3 Å². The van der Waals surface area contributed by atoms with Gasteiger partial charge < -0.3 is 15.5 Å². The molecule has 1 fully saturated rings. The predicted molar refractivity (Wildman–Crippen MR) is 86.7 cm³/mol. The molecule has 1 aromatic rings. The Balaban J connectivity index is 2.00. The smallest absolute Gasteiger partial charge is 0.0936 e. The Kier molecular flexibility index (Phi) is 5.24. The van der Waals surface area contributed by atoms with Crippen LogP contribution in [0.5, 0.6) is 0 Å². The standard InChI is InChI=1S/C15H19IN2O2/c16-14-5-2-7-15(14,20)10-18-12-4-1-3-11(9-12)13(19)6-8-17/h1,3-4,9,13-14,18-20H,2,5-7,10H2. The summed E-state index contributed by atoms with van der Waals surface area (Å²) in [4.78, 5) is 0. The largest absolute Gasteiger partial charge is 0.387 e. The van der Waals surface area contributed by atoms with Gasteiger partial charge in [0.05, 0.1) is 24.2 Å². The zero-order valence-corrected chi connectivity index (χ0v) is 13.4. The van der Waals surface area contributed by atoms with Crippen LogP contribution in [-0.4, -0.2) is 26.3 Å². The number of nitrogens with one attached hydrogen (secondary N) is 1. The van der Waals surface area contributed by atoms with Crippen molar-refractivity contribution in [3.63, 3.8) is 0 Å². The van der Waals surface area contributed by atoms with Crippen molar-refractivity contribution in [1.29, 1.82) is 5.26 Å². The van der Waals surface area contributed by atoms with Crippen molar-refractivity contribution >= 4 is 28.3 Å². The molecule has 5 heteroatoms. The van der Waals surface area contributed by atoms with E-state index in [1.54, 1.807) is 6.07 Å².